The third-order valence-corrected chi connectivity index (χ3v) is 6.63. The van der Waals surface area contributed by atoms with Gasteiger partial charge >= 0.3 is 0 Å². The van der Waals surface area contributed by atoms with Crippen LogP contribution in [0, 0.1) is 5.82 Å². The SMILES string of the molecule is CC1CN(C(C)(C)CNS(=O)(=O)N(C)Cc2c(F)cccc2Cl)CC(C)O1. The van der Waals surface area contributed by atoms with Crippen LogP contribution < -0.4 is 4.72 Å². The number of hydrogen-bond acceptors (Lipinski definition) is 4. The van der Waals surface area contributed by atoms with Gasteiger partial charge in [-0.15, -0.1) is 0 Å². The van der Waals surface area contributed by atoms with E-state index in [-0.39, 0.29) is 35.9 Å². The predicted molar refractivity (Wildman–Crippen MR) is 105 cm³/mol. The Morgan fingerprint density at radius 3 is 2.48 bits per heavy atom. The Morgan fingerprint density at radius 1 is 1.33 bits per heavy atom. The number of halogens is 2. The van der Waals surface area contributed by atoms with E-state index in [0.29, 0.717) is 0 Å². The van der Waals surface area contributed by atoms with Crippen LogP contribution >= 0.6 is 11.6 Å². The lowest BCUT2D eigenvalue weighted by molar-refractivity contribution is -0.0945. The van der Waals surface area contributed by atoms with E-state index in [1.54, 1.807) is 0 Å². The molecule has 0 bridgehead atoms. The van der Waals surface area contributed by atoms with Crippen LogP contribution in [0.1, 0.15) is 33.3 Å². The van der Waals surface area contributed by atoms with Gasteiger partial charge in [0, 0.05) is 49.4 Å². The molecule has 1 aliphatic heterocycles. The summed E-state index contributed by atoms with van der Waals surface area (Å²) in [7, 11) is -2.39. The number of ether oxygens (including phenoxy) is 1. The molecule has 1 aliphatic rings. The molecule has 27 heavy (non-hydrogen) atoms. The first-order chi connectivity index (χ1) is 12.4. The Bertz CT molecular complexity index is 730. The summed E-state index contributed by atoms with van der Waals surface area (Å²) in [6, 6.07) is 4.29. The van der Waals surface area contributed by atoms with E-state index in [1.165, 1.54) is 25.2 Å². The topological polar surface area (TPSA) is 61.9 Å². The molecule has 1 heterocycles. The zero-order chi connectivity index (χ0) is 20.4. The van der Waals surface area contributed by atoms with Crippen LogP contribution in [0.25, 0.3) is 0 Å². The molecular formula is C18H29ClFN3O3S. The maximum Gasteiger partial charge on any atom is 0.279 e. The van der Waals surface area contributed by atoms with Crippen molar-refractivity contribution in [1.29, 1.82) is 0 Å². The van der Waals surface area contributed by atoms with Gasteiger partial charge in [-0.05, 0) is 39.8 Å². The maximum atomic E-state index is 13.9. The Labute approximate surface area is 166 Å². The highest BCUT2D eigenvalue weighted by molar-refractivity contribution is 7.87. The number of hydrogen-bond donors (Lipinski definition) is 1. The minimum atomic E-state index is -3.79. The standard InChI is InChI=1S/C18H29ClFN3O3S/c1-13-9-23(10-14(2)26-13)18(3,4)12-21-27(24,25)22(5)11-15-16(19)7-6-8-17(15)20/h6-8,13-14,21H,9-12H2,1-5H3. The molecule has 1 aromatic rings. The second-order valence-electron chi connectivity index (χ2n) is 7.76. The van der Waals surface area contributed by atoms with E-state index in [9.17, 15) is 12.8 Å². The van der Waals surface area contributed by atoms with Crippen LogP contribution in [0.4, 0.5) is 4.39 Å². The van der Waals surface area contributed by atoms with Crippen molar-refractivity contribution in [2.45, 2.75) is 52.0 Å². The van der Waals surface area contributed by atoms with E-state index in [2.05, 4.69) is 9.62 Å². The van der Waals surface area contributed by atoms with Gasteiger partial charge in [0.25, 0.3) is 10.2 Å². The number of benzene rings is 1. The van der Waals surface area contributed by atoms with Crippen molar-refractivity contribution >= 4 is 21.8 Å². The fourth-order valence-electron chi connectivity index (χ4n) is 3.15. The molecule has 2 atom stereocenters. The van der Waals surface area contributed by atoms with Gasteiger partial charge in [0.2, 0.25) is 0 Å². The molecule has 1 fully saturated rings. The largest absolute Gasteiger partial charge is 0.373 e. The minimum Gasteiger partial charge on any atom is -0.373 e. The minimum absolute atomic E-state index is 0.0931. The smallest absolute Gasteiger partial charge is 0.279 e. The van der Waals surface area contributed by atoms with Crippen molar-refractivity contribution in [2.24, 2.45) is 0 Å². The van der Waals surface area contributed by atoms with Crippen molar-refractivity contribution in [3.8, 4) is 0 Å². The van der Waals surface area contributed by atoms with Crippen molar-refractivity contribution in [1.82, 2.24) is 13.9 Å². The summed E-state index contributed by atoms with van der Waals surface area (Å²) in [5, 5.41) is 0.202. The molecule has 0 radical (unpaired) electrons. The zero-order valence-corrected chi connectivity index (χ0v) is 18.1. The second kappa shape index (κ2) is 8.71. The molecule has 6 nitrogen and oxygen atoms in total. The molecule has 0 spiro atoms. The average Bonchev–Trinajstić information content (AvgIpc) is 2.55. The van der Waals surface area contributed by atoms with Crippen molar-refractivity contribution in [2.75, 3.05) is 26.7 Å². The summed E-state index contributed by atoms with van der Waals surface area (Å²) in [6.45, 7) is 9.56. The Kier molecular flexibility index (Phi) is 7.27. The zero-order valence-electron chi connectivity index (χ0n) is 16.5. The molecule has 1 saturated heterocycles. The summed E-state index contributed by atoms with van der Waals surface area (Å²) in [6.07, 6.45) is 0.186. The fraction of sp³-hybridized carbons (Fsp3) is 0.667. The highest BCUT2D eigenvalue weighted by Crippen LogP contribution is 2.23. The van der Waals surface area contributed by atoms with E-state index in [0.717, 1.165) is 17.4 Å². The molecule has 1 N–H and O–H groups in total. The fourth-order valence-corrected chi connectivity index (χ4v) is 4.43. The molecule has 0 aromatic heterocycles. The van der Waals surface area contributed by atoms with Crippen molar-refractivity contribution < 1.29 is 17.5 Å². The van der Waals surface area contributed by atoms with Crippen LogP contribution in [-0.2, 0) is 21.5 Å². The van der Waals surface area contributed by atoms with Crippen LogP contribution in [0.2, 0.25) is 5.02 Å². The quantitative estimate of drug-likeness (QED) is 0.735. The van der Waals surface area contributed by atoms with E-state index >= 15 is 0 Å². The lowest BCUT2D eigenvalue weighted by atomic mass is 10.0. The molecule has 0 amide bonds. The van der Waals surface area contributed by atoms with Gasteiger partial charge in [-0.1, -0.05) is 17.7 Å². The van der Waals surface area contributed by atoms with Crippen LogP contribution in [0.5, 0.6) is 0 Å². The normalized spacial score (nSPS) is 22.4. The number of morpholine rings is 1. The molecule has 0 saturated carbocycles. The summed E-state index contributed by atoms with van der Waals surface area (Å²) in [5.74, 6) is -0.527. The van der Waals surface area contributed by atoms with Crippen molar-refractivity contribution in [3.63, 3.8) is 0 Å². The van der Waals surface area contributed by atoms with Crippen LogP contribution in [0.3, 0.4) is 0 Å². The monoisotopic (exact) mass is 421 g/mol. The van der Waals surface area contributed by atoms with Crippen molar-refractivity contribution in [3.05, 3.63) is 34.6 Å². The van der Waals surface area contributed by atoms with Gasteiger partial charge in [-0.2, -0.15) is 12.7 Å². The average molecular weight is 422 g/mol. The molecule has 154 valence electrons. The second-order valence-corrected chi connectivity index (χ2v) is 10.0. The van der Waals surface area contributed by atoms with Gasteiger partial charge < -0.3 is 4.74 Å². The lowest BCUT2D eigenvalue weighted by Gasteiger charge is -2.45. The maximum absolute atomic E-state index is 13.9. The Balaban J connectivity index is 2.02. The summed E-state index contributed by atoms with van der Waals surface area (Å²) in [5.41, 5.74) is -0.238. The van der Waals surface area contributed by atoms with Gasteiger partial charge in [0.1, 0.15) is 5.82 Å². The third kappa shape index (κ3) is 5.85. The molecule has 1 aromatic carbocycles. The van der Waals surface area contributed by atoms with Gasteiger partial charge in [-0.3, -0.25) is 4.90 Å². The Hall–Kier alpha value is -0.770. The van der Waals surface area contributed by atoms with Crippen LogP contribution in [0.15, 0.2) is 18.2 Å². The number of nitrogens with one attached hydrogen (secondary N) is 1. The predicted octanol–water partition coefficient (Wildman–Crippen LogP) is 2.63. The number of nitrogens with zero attached hydrogens (tertiary/aromatic N) is 2. The molecule has 2 rings (SSSR count). The van der Waals surface area contributed by atoms with E-state index in [1.807, 2.05) is 27.7 Å². The molecule has 9 heteroatoms. The summed E-state index contributed by atoms with van der Waals surface area (Å²) < 4.78 is 48.6. The first-order valence-electron chi connectivity index (χ1n) is 8.96. The van der Waals surface area contributed by atoms with Crippen LogP contribution in [-0.4, -0.2) is 62.1 Å². The molecule has 0 aliphatic carbocycles. The lowest BCUT2D eigenvalue weighted by Crippen LogP contribution is -2.59. The molecular weight excluding hydrogens is 393 g/mol. The highest BCUT2D eigenvalue weighted by atomic mass is 35.5. The first-order valence-corrected chi connectivity index (χ1v) is 10.8. The van der Waals surface area contributed by atoms with Gasteiger partial charge in [0.15, 0.2) is 0 Å². The first kappa shape index (κ1) is 22.5. The van der Waals surface area contributed by atoms with Gasteiger partial charge in [-0.25, -0.2) is 9.11 Å². The molecule has 2 unspecified atom stereocenters. The van der Waals surface area contributed by atoms with Gasteiger partial charge in [0.05, 0.1) is 12.2 Å². The Morgan fingerprint density at radius 2 is 1.93 bits per heavy atom. The summed E-state index contributed by atoms with van der Waals surface area (Å²) in [4.78, 5) is 2.22. The summed E-state index contributed by atoms with van der Waals surface area (Å²) >= 11 is 6.00. The number of rotatable bonds is 7. The van der Waals surface area contributed by atoms with E-state index < -0.39 is 21.6 Å². The third-order valence-electron chi connectivity index (χ3n) is 4.82. The van der Waals surface area contributed by atoms with E-state index in [4.69, 9.17) is 16.3 Å². The highest BCUT2D eigenvalue weighted by Gasteiger charge is 2.34.